The third kappa shape index (κ3) is 4.31. The Bertz CT molecular complexity index is 476. The van der Waals surface area contributed by atoms with Crippen molar-refractivity contribution in [3.05, 3.63) is 18.2 Å². The molecule has 0 saturated heterocycles. The second-order valence-corrected chi connectivity index (χ2v) is 6.34. The van der Waals surface area contributed by atoms with E-state index in [1.807, 2.05) is 0 Å². The van der Waals surface area contributed by atoms with Crippen molar-refractivity contribution in [2.45, 2.75) is 45.6 Å². The molecule has 4 atom stereocenters. The van der Waals surface area contributed by atoms with Gasteiger partial charge < -0.3 is 16.0 Å². The van der Waals surface area contributed by atoms with Crippen molar-refractivity contribution in [1.82, 2.24) is 15.3 Å². The molecule has 1 aliphatic rings. The fourth-order valence-corrected chi connectivity index (χ4v) is 3.29. The minimum Gasteiger partial charge on any atom is -0.368 e. The maximum atomic E-state index is 12.4. The number of nitrogens with one attached hydrogen (secondary N) is 2. The predicted octanol–water partition coefficient (Wildman–Crippen LogP) is 0.995. The fraction of sp³-hybridized carbons (Fsp3) is 0.667. The van der Waals surface area contributed by atoms with Crippen LogP contribution in [0.1, 0.15) is 38.8 Å². The molecule has 1 saturated carbocycles. The number of aromatic nitrogens is 2. The maximum absolute atomic E-state index is 12.4. The Labute approximate surface area is 124 Å². The lowest BCUT2D eigenvalue weighted by molar-refractivity contribution is -0.131. The fourth-order valence-electron chi connectivity index (χ4n) is 3.29. The number of hydrogen-bond donors (Lipinski definition) is 3. The van der Waals surface area contributed by atoms with E-state index in [4.69, 9.17) is 5.73 Å². The summed E-state index contributed by atoms with van der Waals surface area (Å²) in [6.07, 6.45) is 6.49. The van der Waals surface area contributed by atoms with E-state index in [0.29, 0.717) is 24.0 Å². The first kappa shape index (κ1) is 15.5. The number of carbonyl (C=O) groups is 2. The third-order valence-electron chi connectivity index (χ3n) is 4.18. The Kier molecular flexibility index (Phi) is 4.98. The highest BCUT2D eigenvalue weighted by Crippen LogP contribution is 2.32. The van der Waals surface area contributed by atoms with Crippen molar-refractivity contribution in [2.24, 2.45) is 23.5 Å². The SMILES string of the molecule is C[C@@H]1C[C@H](C)C[C@H](C(=O)N[C@@H](Cc2c[nH]cn2)C(N)=O)C1. The molecule has 2 rings (SSSR count). The molecule has 116 valence electrons. The molecular weight excluding hydrogens is 268 g/mol. The van der Waals surface area contributed by atoms with Gasteiger partial charge in [-0.15, -0.1) is 0 Å². The summed E-state index contributed by atoms with van der Waals surface area (Å²) in [7, 11) is 0. The highest BCUT2D eigenvalue weighted by atomic mass is 16.2. The number of carbonyl (C=O) groups excluding carboxylic acids is 2. The zero-order chi connectivity index (χ0) is 15.4. The molecule has 1 aromatic heterocycles. The minimum absolute atomic E-state index is 0.0233. The summed E-state index contributed by atoms with van der Waals surface area (Å²) in [5, 5.41) is 2.80. The van der Waals surface area contributed by atoms with Gasteiger partial charge in [0, 0.05) is 18.5 Å². The van der Waals surface area contributed by atoms with Crippen LogP contribution in [0.15, 0.2) is 12.5 Å². The molecule has 1 aromatic rings. The van der Waals surface area contributed by atoms with Crippen LogP contribution in [0.25, 0.3) is 0 Å². The van der Waals surface area contributed by atoms with Gasteiger partial charge in [-0.3, -0.25) is 9.59 Å². The summed E-state index contributed by atoms with van der Waals surface area (Å²) in [6.45, 7) is 4.34. The normalized spacial score (nSPS) is 27.0. The first-order valence-corrected chi connectivity index (χ1v) is 7.53. The molecule has 1 fully saturated rings. The number of nitrogens with two attached hydrogens (primary N) is 1. The van der Waals surface area contributed by atoms with Crippen molar-refractivity contribution < 1.29 is 9.59 Å². The van der Waals surface area contributed by atoms with E-state index in [1.165, 1.54) is 0 Å². The van der Waals surface area contributed by atoms with Crippen LogP contribution in [-0.4, -0.2) is 27.8 Å². The van der Waals surface area contributed by atoms with Crippen LogP contribution in [-0.2, 0) is 16.0 Å². The molecule has 0 radical (unpaired) electrons. The minimum atomic E-state index is -0.701. The lowest BCUT2D eigenvalue weighted by atomic mass is 9.76. The van der Waals surface area contributed by atoms with Gasteiger partial charge in [0.25, 0.3) is 0 Å². The van der Waals surface area contributed by atoms with Crippen molar-refractivity contribution in [2.75, 3.05) is 0 Å². The monoisotopic (exact) mass is 292 g/mol. The van der Waals surface area contributed by atoms with Crippen molar-refractivity contribution >= 4 is 11.8 Å². The van der Waals surface area contributed by atoms with Crippen LogP contribution in [0.2, 0.25) is 0 Å². The van der Waals surface area contributed by atoms with Crippen LogP contribution in [0.4, 0.5) is 0 Å². The van der Waals surface area contributed by atoms with Gasteiger partial charge in [0.1, 0.15) is 6.04 Å². The molecule has 4 N–H and O–H groups in total. The highest BCUT2D eigenvalue weighted by molar-refractivity contribution is 5.87. The van der Waals surface area contributed by atoms with Crippen LogP contribution >= 0.6 is 0 Å². The maximum Gasteiger partial charge on any atom is 0.240 e. The first-order chi connectivity index (χ1) is 9.95. The number of rotatable bonds is 5. The largest absolute Gasteiger partial charge is 0.368 e. The molecule has 21 heavy (non-hydrogen) atoms. The highest BCUT2D eigenvalue weighted by Gasteiger charge is 2.31. The van der Waals surface area contributed by atoms with Crippen LogP contribution < -0.4 is 11.1 Å². The number of H-pyrrole nitrogens is 1. The number of imidazole rings is 1. The number of hydrogen-bond acceptors (Lipinski definition) is 3. The first-order valence-electron chi connectivity index (χ1n) is 7.53. The average molecular weight is 292 g/mol. The number of amides is 2. The molecule has 1 heterocycles. The van der Waals surface area contributed by atoms with Gasteiger partial charge in [0.05, 0.1) is 12.0 Å². The second kappa shape index (κ2) is 6.74. The zero-order valence-electron chi connectivity index (χ0n) is 12.6. The third-order valence-corrected chi connectivity index (χ3v) is 4.18. The molecule has 2 amide bonds. The molecule has 0 unspecified atom stereocenters. The Hall–Kier alpha value is -1.85. The zero-order valence-corrected chi connectivity index (χ0v) is 12.6. The molecule has 6 nitrogen and oxygen atoms in total. The van der Waals surface area contributed by atoms with Gasteiger partial charge in [0.15, 0.2) is 0 Å². The van der Waals surface area contributed by atoms with Gasteiger partial charge >= 0.3 is 0 Å². The molecule has 1 aliphatic carbocycles. The summed E-state index contributed by atoms with van der Waals surface area (Å²) in [5.74, 6) is 0.478. The van der Waals surface area contributed by atoms with Crippen molar-refractivity contribution in [3.8, 4) is 0 Å². The quantitative estimate of drug-likeness (QED) is 0.754. The lowest BCUT2D eigenvalue weighted by Gasteiger charge is -2.31. The number of nitrogens with zero attached hydrogens (tertiary/aromatic N) is 1. The van der Waals surface area contributed by atoms with E-state index in [-0.39, 0.29) is 11.8 Å². The summed E-state index contributed by atoms with van der Waals surface area (Å²) in [5.41, 5.74) is 6.11. The van der Waals surface area contributed by atoms with Gasteiger partial charge in [-0.25, -0.2) is 4.98 Å². The smallest absolute Gasteiger partial charge is 0.240 e. The van der Waals surface area contributed by atoms with Crippen molar-refractivity contribution in [1.29, 1.82) is 0 Å². The molecule has 0 aromatic carbocycles. The number of primary amides is 1. The molecule has 0 aliphatic heterocycles. The van der Waals surface area contributed by atoms with E-state index in [2.05, 4.69) is 29.1 Å². The van der Waals surface area contributed by atoms with Gasteiger partial charge in [-0.05, 0) is 31.1 Å². The molecule has 6 heteroatoms. The van der Waals surface area contributed by atoms with Crippen LogP contribution in [0.3, 0.4) is 0 Å². The Morgan fingerprint density at radius 2 is 2.05 bits per heavy atom. The summed E-state index contributed by atoms with van der Waals surface area (Å²) in [4.78, 5) is 30.8. The summed E-state index contributed by atoms with van der Waals surface area (Å²) in [6, 6.07) is -0.701. The van der Waals surface area contributed by atoms with Crippen molar-refractivity contribution in [3.63, 3.8) is 0 Å². The van der Waals surface area contributed by atoms with E-state index in [0.717, 1.165) is 19.3 Å². The van der Waals surface area contributed by atoms with E-state index in [1.54, 1.807) is 12.5 Å². The van der Waals surface area contributed by atoms with Crippen LogP contribution in [0, 0.1) is 17.8 Å². The Balaban J connectivity index is 1.96. The van der Waals surface area contributed by atoms with E-state index >= 15 is 0 Å². The standard InChI is InChI=1S/C15H24N4O2/c1-9-3-10(2)5-11(4-9)15(21)19-13(14(16)20)6-12-7-17-8-18-12/h7-11,13H,3-6H2,1-2H3,(H2,16,20)(H,17,18)(H,19,21)/t9-,10+,11-,13-/m0/s1. The van der Waals surface area contributed by atoms with Gasteiger partial charge in [-0.2, -0.15) is 0 Å². The Morgan fingerprint density at radius 1 is 1.38 bits per heavy atom. The molecule has 0 spiro atoms. The second-order valence-electron chi connectivity index (χ2n) is 6.34. The molecule has 0 bridgehead atoms. The summed E-state index contributed by atoms with van der Waals surface area (Å²) < 4.78 is 0. The van der Waals surface area contributed by atoms with E-state index in [9.17, 15) is 9.59 Å². The van der Waals surface area contributed by atoms with Crippen LogP contribution in [0.5, 0.6) is 0 Å². The Morgan fingerprint density at radius 3 is 2.57 bits per heavy atom. The topological polar surface area (TPSA) is 101 Å². The lowest BCUT2D eigenvalue weighted by Crippen LogP contribution is -2.48. The van der Waals surface area contributed by atoms with Gasteiger partial charge in [0.2, 0.25) is 11.8 Å². The van der Waals surface area contributed by atoms with Gasteiger partial charge in [-0.1, -0.05) is 13.8 Å². The number of aromatic amines is 1. The predicted molar refractivity (Wildman–Crippen MR) is 79.1 cm³/mol. The summed E-state index contributed by atoms with van der Waals surface area (Å²) >= 11 is 0. The molecular formula is C15H24N4O2. The average Bonchev–Trinajstić information content (AvgIpc) is 2.89. The van der Waals surface area contributed by atoms with E-state index < -0.39 is 11.9 Å².